The molecule has 0 spiro atoms. The van der Waals surface area contributed by atoms with E-state index in [-0.39, 0.29) is 12.4 Å². The second-order valence-electron chi connectivity index (χ2n) is 5.66. The summed E-state index contributed by atoms with van der Waals surface area (Å²) in [6.45, 7) is 5.40. The minimum absolute atomic E-state index is 0. The number of halogens is 2. The van der Waals surface area contributed by atoms with E-state index in [1.54, 1.807) is 7.11 Å². The van der Waals surface area contributed by atoms with Crippen molar-refractivity contribution in [1.82, 2.24) is 4.90 Å². The van der Waals surface area contributed by atoms with Gasteiger partial charge in [-0.1, -0.05) is 6.92 Å². The smallest absolute Gasteiger partial charge is 0.140 e. The van der Waals surface area contributed by atoms with Crippen LogP contribution in [0.2, 0.25) is 0 Å². The predicted molar refractivity (Wildman–Crippen MR) is 91.1 cm³/mol. The minimum Gasteiger partial charge on any atom is -0.496 e. The van der Waals surface area contributed by atoms with Crippen molar-refractivity contribution in [2.75, 3.05) is 26.8 Å². The molecule has 0 unspecified atom stereocenters. The quantitative estimate of drug-likeness (QED) is 0.788. The van der Waals surface area contributed by atoms with E-state index in [2.05, 4.69) is 27.8 Å². The van der Waals surface area contributed by atoms with Crippen molar-refractivity contribution >= 4 is 28.3 Å². The summed E-state index contributed by atoms with van der Waals surface area (Å²) in [5.74, 6) is 2.49. The highest BCUT2D eigenvalue weighted by atomic mass is 79.9. The molecule has 3 nitrogen and oxygen atoms in total. The molecular formula is C16H23BrClNO2. The minimum atomic E-state index is 0. The first-order chi connectivity index (χ1) is 9.76. The predicted octanol–water partition coefficient (Wildman–Crippen LogP) is 4.23. The molecule has 0 aliphatic carbocycles. The average molecular weight is 377 g/mol. The van der Waals surface area contributed by atoms with Crippen LogP contribution >= 0.6 is 28.3 Å². The molecule has 118 valence electrons. The molecule has 0 saturated carbocycles. The van der Waals surface area contributed by atoms with E-state index in [0.29, 0.717) is 12.0 Å². The van der Waals surface area contributed by atoms with Gasteiger partial charge in [-0.15, -0.1) is 12.4 Å². The lowest BCUT2D eigenvalue weighted by Gasteiger charge is -2.45. The van der Waals surface area contributed by atoms with Gasteiger partial charge >= 0.3 is 0 Å². The fourth-order valence-electron chi connectivity index (χ4n) is 3.65. The molecule has 1 saturated heterocycles. The van der Waals surface area contributed by atoms with Gasteiger partial charge in [0.25, 0.3) is 0 Å². The Balaban J connectivity index is 0.00000161. The highest BCUT2D eigenvalue weighted by molar-refractivity contribution is 9.10. The van der Waals surface area contributed by atoms with Crippen LogP contribution in [0.25, 0.3) is 0 Å². The topological polar surface area (TPSA) is 21.7 Å². The maximum absolute atomic E-state index is 6.07. The molecular weight excluding hydrogens is 354 g/mol. The molecule has 0 N–H and O–H groups in total. The summed E-state index contributed by atoms with van der Waals surface area (Å²) in [6, 6.07) is 4.57. The van der Waals surface area contributed by atoms with Gasteiger partial charge in [0.05, 0.1) is 17.6 Å². The number of hydrogen-bond donors (Lipinski definition) is 0. The first kappa shape index (κ1) is 16.9. The summed E-state index contributed by atoms with van der Waals surface area (Å²) in [5.41, 5.74) is 1.26. The van der Waals surface area contributed by atoms with Crippen LogP contribution in [0.5, 0.6) is 11.5 Å². The fourth-order valence-corrected chi connectivity index (χ4v) is 4.11. The van der Waals surface area contributed by atoms with E-state index < -0.39 is 0 Å². The third kappa shape index (κ3) is 3.03. The zero-order valence-electron chi connectivity index (χ0n) is 12.6. The van der Waals surface area contributed by atoms with Crippen molar-refractivity contribution in [3.63, 3.8) is 0 Å². The highest BCUT2D eigenvalue weighted by Crippen LogP contribution is 2.48. The average Bonchev–Trinajstić information content (AvgIpc) is 2.48. The van der Waals surface area contributed by atoms with E-state index >= 15 is 0 Å². The summed E-state index contributed by atoms with van der Waals surface area (Å²) >= 11 is 3.61. The van der Waals surface area contributed by atoms with Crippen LogP contribution in [0.1, 0.15) is 37.7 Å². The molecule has 1 aromatic carbocycles. The Morgan fingerprint density at radius 1 is 1.43 bits per heavy atom. The Hall–Kier alpha value is -0.450. The molecule has 0 radical (unpaired) electrons. The Morgan fingerprint density at radius 2 is 2.24 bits per heavy atom. The Labute approximate surface area is 141 Å². The van der Waals surface area contributed by atoms with Gasteiger partial charge in [-0.25, -0.2) is 0 Å². The molecule has 0 aromatic heterocycles. The molecule has 5 heteroatoms. The lowest BCUT2D eigenvalue weighted by atomic mass is 9.81. The number of likely N-dealkylation sites (tertiary alicyclic amines) is 1. The van der Waals surface area contributed by atoms with Crippen molar-refractivity contribution < 1.29 is 9.47 Å². The summed E-state index contributed by atoms with van der Waals surface area (Å²) in [4.78, 5) is 2.59. The van der Waals surface area contributed by atoms with Crippen molar-refractivity contribution in [3.8, 4) is 11.5 Å². The second kappa shape index (κ2) is 7.21. The second-order valence-corrected chi connectivity index (χ2v) is 6.51. The number of hydrogen-bond acceptors (Lipinski definition) is 3. The third-order valence-electron chi connectivity index (χ3n) is 4.50. The summed E-state index contributed by atoms with van der Waals surface area (Å²) in [5, 5.41) is 0. The van der Waals surface area contributed by atoms with Crippen LogP contribution in [-0.2, 0) is 0 Å². The van der Waals surface area contributed by atoms with Crippen LogP contribution in [-0.4, -0.2) is 37.7 Å². The monoisotopic (exact) mass is 375 g/mol. The van der Waals surface area contributed by atoms with Crippen molar-refractivity contribution in [2.45, 2.75) is 38.1 Å². The van der Waals surface area contributed by atoms with Gasteiger partial charge in [0.15, 0.2) is 0 Å². The van der Waals surface area contributed by atoms with Gasteiger partial charge < -0.3 is 9.47 Å². The summed E-state index contributed by atoms with van der Waals surface area (Å²) < 4.78 is 12.7. The number of piperidine rings is 1. The summed E-state index contributed by atoms with van der Waals surface area (Å²) in [7, 11) is 1.75. The molecule has 1 aromatic rings. The van der Waals surface area contributed by atoms with Gasteiger partial charge in [-0.2, -0.15) is 0 Å². The molecule has 2 aliphatic rings. The Morgan fingerprint density at radius 3 is 2.95 bits per heavy atom. The van der Waals surface area contributed by atoms with Crippen LogP contribution in [0.4, 0.5) is 0 Å². The first-order valence-electron chi connectivity index (χ1n) is 7.49. The molecule has 21 heavy (non-hydrogen) atoms. The summed E-state index contributed by atoms with van der Waals surface area (Å²) in [6.07, 6.45) is 3.69. The molecule has 2 atom stereocenters. The number of benzene rings is 1. The van der Waals surface area contributed by atoms with E-state index in [0.717, 1.165) is 29.1 Å². The molecule has 3 rings (SSSR count). The van der Waals surface area contributed by atoms with Crippen LogP contribution in [0.15, 0.2) is 16.6 Å². The number of nitrogens with zero attached hydrogens (tertiary/aromatic N) is 1. The fraction of sp³-hybridized carbons (Fsp3) is 0.625. The Kier molecular flexibility index (Phi) is 5.81. The van der Waals surface area contributed by atoms with E-state index in [1.807, 2.05) is 12.1 Å². The maximum Gasteiger partial charge on any atom is 0.140 e. The van der Waals surface area contributed by atoms with Gasteiger partial charge in [0.1, 0.15) is 18.1 Å². The van der Waals surface area contributed by atoms with Gasteiger partial charge in [0.2, 0.25) is 0 Å². The number of fused-ring (bicyclic) bond motifs is 3. The van der Waals surface area contributed by atoms with Crippen LogP contribution < -0.4 is 9.47 Å². The van der Waals surface area contributed by atoms with E-state index in [4.69, 9.17) is 9.47 Å². The zero-order valence-corrected chi connectivity index (χ0v) is 15.0. The molecule has 0 amide bonds. The lowest BCUT2D eigenvalue weighted by molar-refractivity contribution is 0.0641. The standard InChI is InChI=1S/C16H22BrNO2.ClH/c1-3-8-18-9-4-5-11-13(18)10-20-16-12(17)6-7-14(19-2)15(11)16;/h6-7,11,13H,3-5,8-10H2,1-2H3;1H/t11-,13+;/m1./s1. The largest absolute Gasteiger partial charge is 0.496 e. The van der Waals surface area contributed by atoms with Crippen LogP contribution in [0.3, 0.4) is 0 Å². The van der Waals surface area contributed by atoms with Gasteiger partial charge in [-0.3, -0.25) is 4.90 Å². The number of methoxy groups -OCH3 is 1. The van der Waals surface area contributed by atoms with Crippen molar-refractivity contribution in [3.05, 3.63) is 22.2 Å². The maximum atomic E-state index is 6.07. The van der Waals surface area contributed by atoms with Gasteiger partial charge in [0, 0.05) is 11.5 Å². The zero-order chi connectivity index (χ0) is 14.1. The normalized spacial score (nSPS) is 24.3. The molecule has 2 aliphatic heterocycles. The van der Waals surface area contributed by atoms with E-state index in [9.17, 15) is 0 Å². The third-order valence-corrected chi connectivity index (χ3v) is 5.13. The Bertz CT molecular complexity index is 495. The number of ether oxygens (including phenoxy) is 2. The van der Waals surface area contributed by atoms with E-state index in [1.165, 1.54) is 31.4 Å². The highest BCUT2D eigenvalue weighted by Gasteiger charge is 2.39. The molecule has 1 fully saturated rings. The lowest BCUT2D eigenvalue weighted by Crippen LogP contribution is -2.49. The van der Waals surface area contributed by atoms with Crippen LogP contribution in [0, 0.1) is 0 Å². The van der Waals surface area contributed by atoms with Gasteiger partial charge in [-0.05, 0) is 60.4 Å². The first-order valence-corrected chi connectivity index (χ1v) is 8.28. The molecule has 0 bridgehead atoms. The molecule has 2 heterocycles. The van der Waals surface area contributed by atoms with Crippen molar-refractivity contribution in [1.29, 1.82) is 0 Å². The SMILES string of the molecule is CCCN1CCC[C@H]2c3c(OC)ccc(Br)c3OC[C@@H]21.Cl. The van der Waals surface area contributed by atoms with Crippen molar-refractivity contribution in [2.24, 2.45) is 0 Å². The number of rotatable bonds is 3.